The number of anilines is 1. The first-order valence-electron chi connectivity index (χ1n) is 17.2. The second-order valence-electron chi connectivity index (χ2n) is 13.8. The van der Waals surface area contributed by atoms with Crippen LogP contribution in [-0.4, -0.2) is 7.85 Å². The van der Waals surface area contributed by atoms with Crippen molar-refractivity contribution in [1.29, 1.82) is 0 Å². The van der Waals surface area contributed by atoms with E-state index in [0.29, 0.717) is 0 Å². The first-order chi connectivity index (χ1) is 23.4. The summed E-state index contributed by atoms with van der Waals surface area (Å²) >= 11 is 1.88. The molecular weight excluding hydrogens is 597 g/mol. The maximum atomic E-state index is 4.77. The smallest absolute Gasteiger partial charge is 0.142 e. The predicted octanol–water partition coefficient (Wildman–Crippen LogP) is 11.0. The summed E-state index contributed by atoms with van der Waals surface area (Å²) in [7, 11) is 2.38. The standard InChI is InChI=1S/C45H38BNS/c1-26-13-5-7-15-33(26)27(2)28(3)35-18-11-20-38-40-25-31-24-32(23-30-14-6-8-17-37(30)31)44(43(40)46)47-45-36(19-12-21-39(45)42(35)38)29(4)34-16-9-10-22-41(34)48-47/h5-10,12-17,19-22,25H,4,11,18,23-24,46H2,1-3H3/b28-27+. The highest BCUT2D eigenvalue weighted by molar-refractivity contribution is 8.01. The minimum absolute atomic E-state index is 0.967. The van der Waals surface area contributed by atoms with Gasteiger partial charge in [0, 0.05) is 21.7 Å². The Balaban J connectivity index is 1.42. The van der Waals surface area contributed by atoms with Gasteiger partial charge in [-0.1, -0.05) is 109 Å². The molecule has 0 unspecified atom stereocenters. The summed E-state index contributed by atoms with van der Waals surface area (Å²) in [5.41, 5.74) is 25.6. The van der Waals surface area contributed by atoms with E-state index in [0.717, 1.165) is 31.3 Å². The van der Waals surface area contributed by atoms with Crippen LogP contribution in [0.2, 0.25) is 0 Å². The van der Waals surface area contributed by atoms with Gasteiger partial charge >= 0.3 is 0 Å². The Bertz CT molecular complexity index is 2320. The summed E-state index contributed by atoms with van der Waals surface area (Å²) in [6.07, 6.45) is 9.07. The van der Waals surface area contributed by atoms with E-state index in [1.165, 1.54) is 105 Å². The molecular formula is C45H38BNS. The number of fused-ring (bicyclic) bond motifs is 10. The van der Waals surface area contributed by atoms with Crippen molar-refractivity contribution in [2.45, 2.75) is 51.3 Å². The van der Waals surface area contributed by atoms with Crippen molar-refractivity contribution in [2.24, 2.45) is 0 Å². The quantitative estimate of drug-likeness (QED) is 0.159. The molecule has 3 aliphatic carbocycles. The highest BCUT2D eigenvalue weighted by Crippen LogP contribution is 2.57. The maximum Gasteiger partial charge on any atom is 0.142 e. The molecule has 0 saturated carbocycles. The van der Waals surface area contributed by atoms with Gasteiger partial charge in [-0.3, -0.25) is 4.31 Å². The molecule has 0 amide bonds. The molecule has 0 saturated heterocycles. The molecule has 0 fully saturated rings. The molecule has 9 rings (SSSR count). The van der Waals surface area contributed by atoms with Gasteiger partial charge in [-0.05, 0) is 142 Å². The van der Waals surface area contributed by atoms with Crippen LogP contribution in [0.15, 0.2) is 154 Å². The van der Waals surface area contributed by atoms with Crippen LogP contribution < -0.4 is 4.31 Å². The number of nitrogens with zero attached hydrogens (tertiary/aromatic N) is 1. The summed E-state index contributed by atoms with van der Waals surface area (Å²) in [6, 6.07) is 33.7. The van der Waals surface area contributed by atoms with Gasteiger partial charge in [0.1, 0.15) is 7.85 Å². The van der Waals surface area contributed by atoms with Crippen LogP contribution in [0.3, 0.4) is 0 Å². The molecule has 4 aromatic rings. The van der Waals surface area contributed by atoms with Gasteiger partial charge in [-0.2, -0.15) is 0 Å². The van der Waals surface area contributed by atoms with E-state index < -0.39 is 0 Å². The molecule has 232 valence electrons. The number of hydrogen-bond acceptors (Lipinski definition) is 2. The molecule has 4 aromatic carbocycles. The van der Waals surface area contributed by atoms with Gasteiger partial charge in [0.25, 0.3) is 0 Å². The molecule has 48 heavy (non-hydrogen) atoms. The lowest BCUT2D eigenvalue weighted by Crippen LogP contribution is -2.24. The number of rotatable bonds is 2. The second-order valence-corrected chi connectivity index (χ2v) is 14.8. The molecule has 0 radical (unpaired) electrons. The third kappa shape index (κ3) is 4.33. The molecule has 0 spiro atoms. The number of allylic oxidation sites excluding steroid dienone is 11. The van der Waals surface area contributed by atoms with Crippen LogP contribution in [0.5, 0.6) is 0 Å². The van der Waals surface area contributed by atoms with Crippen molar-refractivity contribution in [1.82, 2.24) is 0 Å². The molecule has 0 N–H and O–H groups in total. The highest BCUT2D eigenvalue weighted by Gasteiger charge is 2.38. The molecule has 5 aliphatic rings. The summed E-state index contributed by atoms with van der Waals surface area (Å²) in [5, 5.41) is 0. The summed E-state index contributed by atoms with van der Waals surface area (Å²) in [4.78, 5) is 1.25. The lowest BCUT2D eigenvalue weighted by molar-refractivity contribution is 0.961. The molecule has 1 nitrogen and oxygen atoms in total. The van der Waals surface area contributed by atoms with Crippen LogP contribution in [-0.2, 0) is 6.42 Å². The largest absolute Gasteiger partial charge is 0.280 e. The predicted molar refractivity (Wildman–Crippen MR) is 208 cm³/mol. The van der Waals surface area contributed by atoms with E-state index in [4.69, 9.17) is 6.58 Å². The third-order valence-corrected chi connectivity index (χ3v) is 12.3. The zero-order valence-corrected chi connectivity index (χ0v) is 29.0. The van der Waals surface area contributed by atoms with Crippen molar-refractivity contribution in [3.05, 3.63) is 188 Å². The zero-order valence-electron chi connectivity index (χ0n) is 28.2. The van der Waals surface area contributed by atoms with Crippen LogP contribution >= 0.6 is 11.9 Å². The molecule has 0 aromatic heterocycles. The summed E-state index contributed by atoms with van der Waals surface area (Å²) < 4.78 is 2.61. The van der Waals surface area contributed by atoms with E-state index in [9.17, 15) is 0 Å². The Labute approximate surface area is 290 Å². The number of hydrogen-bond donors (Lipinski definition) is 0. The van der Waals surface area contributed by atoms with Gasteiger partial charge in [-0.25, -0.2) is 0 Å². The van der Waals surface area contributed by atoms with Crippen LogP contribution in [0, 0.1) is 6.92 Å². The van der Waals surface area contributed by atoms with Crippen molar-refractivity contribution in [3.63, 3.8) is 0 Å². The second kappa shape index (κ2) is 11.2. The summed E-state index contributed by atoms with van der Waals surface area (Å²) in [5.74, 6) is 0. The lowest BCUT2D eigenvalue weighted by atomic mass is 9.73. The van der Waals surface area contributed by atoms with Gasteiger partial charge in [0.2, 0.25) is 0 Å². The van der Waals surface area contributed by atoms with Gasteiger partial charge in [-0.15, -0.1) is 0 Å². The SMILES string of the molecule is BC1=C2C=C3CC(=C1N1Sc4ccccc4C(=C)c4cccc(c41)C1=C(/C(C)=C(\C)c4ccccc4C)CCC=C21)Cc1ccccc13. The Morgan fingerprint density at radius 3 is 2.38 bits per heavy atom. The van der Waals surface area contributed by atoms with E-state index in [-0.39, 0.29) is 0 Å². The van der Waals surface area contributed by atoms with Gasteiger partial charge < -0.3 is 0 Å². The van der Waals surface area contributed by atoms with Crippen molar-refractivity contribution < 1.29 is 0 Å². The monoisotopic (exact) mass is 635 g/mol. The van der Waals surface area contributed by atoms with Crippen LogP contribution in [0.1, 0.15) is 72.1 Å². The normalized spacial score (nSPS) is 18.3. The van der Waals surface area contributed by atoms with Crippen molar-refractivity contribution in [3.8, 4) is 0 Å². The van der Waals surface area contributed by atoms with Crippen LogP contribution in [0.25, 0.3) is 22.3 Å². The van der Waals surface area contributed by atoms with Crippen LogP contribution in [0.4, 0.5) is 5.69 Å². The highest BCUT2D eigenvalue weighted by atomic mass is 32.2. The topological polar surface area (TPSA) is 3.24 Å². The molecule has 3 heteroatoms. The Morgan fingerprint density at radius 2 is 1.52 bits per heavy atom. The molecule has 2 aliphatic heterocycles. The zero-order chi connectivity index (χ0) is 32.7. The van der Waals surface area contributed by atoms with E-state index in [2.05, 4.69) is 136 Å². The number of aryl methyl sites for hydroxylation is 1. The average Bonchev–Trinajstić information content (AvgIpc) is 3.31. The fraction of sp³-hybridized carbons (Fsp3) is 0.156. The van der Waals surface area contributed by atoms with E-state index in [1.54, 1.807) is 0 Å². The fourth-order valence-electron chi connectivity index (χ4n) is 8.70. The van der Waals surface area contributed by atoms with E-state index >= 15 is 0 Å². The Morgan fingerprint density at radius 1 is 0.792 bits per heavy atom. The Kier molecular flexibility index (Phi) is 6.85. The minimum Gasteiger partial charge on any atom is -0.280 e. The number of benzene rings is 4. The first-order valence-corrected chi connectivity index (χ1v) is 18.0. The molecule has 0 atom stereocenters. The van der Waals surface area contributed by atoms with Crippen molar-refractivity contribution >= 4 is 47.8 Å². The molecule has 2 heterocycles. The van der Waals surface area contributed by atoms with Gasteiger partial charge in [0.05, 0.1) is 5.69 Å². The van der Waals surface area contributed by atoms with Crippen molar-refractivity contribution in [2.75, 3.05) is 4.31 Å². The number of para-hydroxylation sites is 1. The lowest BCUT2D eigenvalue weighted by Gasteiger charge is -2.37. The average molecular weight is 636 g/mol. The minimum atomic E-state index is 0.967. The fourth-order valence-corrected chi connectivity index (χ4v) is 9.97. The third-order valence-electron chi connectivity index (χ3n) is 11.2. The summed E-state index contributed by atoms with van der Waals surface area (Å²) in [6.45, 7) is 11.7. The Hall–Kier alpha value is -4.73. The van der Waals surface area contributed by atoms with E-state index in [1.807, 2.05) is 11.9 Å². The maximum absolute atomic E-state index is 4.77. The van der Waals surface area contributed by atoms with Gasteiger partial charge in [0.15, 0.2) is 0 Å². The first kappa shape index (κ1) is 29.4. The molecule has 4 bridgehead atoms.